The molecule has 0 aliphatic heterocycles. The number of halogens is 1. The monoisotopic (exact) mass is 284 g/mol. The number of nitrogens with two attached hydrogens (primary N) is 1. The Hall–Kier alpha value is -1.59. The summed E-state index contributed by atoms with van der Waals surface area (Å²) in [6, 6.07) is 6.16. The standard InChI is InChI=1S/C13H17ClN2O3/c1-8(6-9-2-4-10(14)5-3-9)16-13(19)11(15)7-12(17)18/h2-5,8,11H,6-7,15H2,1H3,(H,16,19)(H,17,18). The lowest BCUT2D eigenvalue weighted by Crippen LogP contribution is -2.46. The molecule has 1 amide bonds. The quantitative estimate of drug-likeness (QED) is 0.731. The van der Waals surface area contributed by atoms with Crippen LogP contribution in [0, 0.1) is 0 Å². The van der Waals surface area contributed by atoms with Crippen molar-refractivity contribution in [1.82, 2.24) is 5.32 Å². The Labute approximate surface area is 116 Å². The number of carbonyl (C=O) groups is 2. The predicted octanol–water partition coefficient (Wildman–Crippen LogP) is 1.19. The molecule has 0 saturated carbocycles. The van der Waals surface area contributed by atoms with Crippen LogP contribution in [0.15, 0.2) is 24.3 Å². The van der Waals surface area contributed by atoms with E-state index in [1.165, 1.54) is 0 Å². The molecule has 6 heteroatoms. The summed E-state index contributed by atoms with van der Waals surface area (Å²) in [5.74, 6) is -1.54. The van der Waals surface area contributed by atoms with Crippen molar-refractivity contribution in [3.8, 4) is 0 Å². The molecule has 0 fully saturated rings. The normalized spacial score (nSPS) is 13.6. The van der Waals surface area contributed by atoms with E-state index in [1.54, 1.807) is 12.1 Å². The number of amides is 1. The lowest BCUT2D eigenvalue weighted by atomic mass is 10.1. The van der Waals surface area contributed by atoms with E-state index in [0.717, 1.165) is 5.56 Å². The molecule has 1 aromatic carbocycles. The summed E-state index contributed by atoms with van der Waals surface area (Å²) < 4.78 is 0. The SMILES string of the molecule is CC(Cc1ccc(Cl)cc1)NC(=O)C(N)CC(=O)O. The zero-order valence-electron chi connectivity index (χ0n) is 10.6. The fourth-order valence-electron chi connectivity index (χ4n) is 1.66. The highest BCUT2D eigenvalue weighted by Gasteiger charge is 2.18. The number of carbonyl (C=O) groups excluding carboxylic acids is 1. The summed E-state index contributed by atoms with van der Waals surface area (Å²) in [5, 5.41) is 11.9. The molecular weight excluding hydrogens is 268 g/mol. The van der Waals surface area contributed by atoms with Gasteiger partial charge in [-0.25, -0.2) is 0 Å². The van der Waals surface area contributed by atoms with E-state index in [1.807, 2.05) is 19.1 Å². The Bertz CT molecular complexity index is 448. The highest BCUT2D eigenvalue weighted by molar-refractivity contribution is 6.30. The van der Waals surface area contributed by atoms with Gasteiger partial charge in [0, 0.05) is 11.1 Å². The van der Waals surface area contributed by atoms with Gasteiger partial charge in [-0.15, -0.1) is 0 Å². The zero-order chi connectivity index (χ0) is 14.4. The van der Waals surface area contributed by atoms with Gasteiger partial charge in [0.1, 0.15) is 0 Å². The molecule has 0 aliphatic rings. The number of benzene rings is 1. The van der Waals surface area contributed by atoms with Gasteiger partial charge in [-0.05, 0) is 31.0 Å². The molecule has 2 atom stereocenters. The second-order valence-electron chi connectivity index (χ2n) is 4.44. The second kappa shape index (κ2) is 7.11. The van der Waals surface area contributed by atoms with Crippen molar-refractivity contribution in [1.29, 1.82) is 0 Å². The smallest absolute Gasteiger partial charge is 0.305 e. The predicted molar refractivity (Wildman–Crippen MR) is 73.0 cm³/mol. The number of carboxylic acid groups (broad SMARTS) is 1. The number of hydrogen-bond donors (Lipinski definition) is 3. The first-order valence-corrected chi connectivity index (χ1v) is 6.28. The fraction of sp³-hybridized carbons (Fsp3) is 0.385. The first-order valence-electron chi connectivity index (χ1n) is 5.90. The van der Waals surface area contributed by atoms with Gasteiger partial charge in [0.15, 0.2) is 0 Å². The highest BCUT2D eigenvalue weighted by atomic mass is 35.5. The maximum Gasteiger partial charge on any atom is 0.305 e. The van der Waals surface area contributed by atoms with Crippen molar-refractivity contribution in [3.63, 3.8) is 0 Å². The van der Waals surface area contributed by atoms with Gasteiger partial charge >= 0.3 is 5.97 Å². The average molecular weight is 285 g/mol. The Balaban J connectivity index is 2.46. The number of rotatable bonds is 6. The van der Waals surface area contributed by atoms with Crippen molar-refractivity contribution in [2.45, 2.75) is 31.8 Å². The minimum atomic E-state index is -1.09. The third kappa shape index (κ3) is 5.72. The molecule has 0 saturated heterocycles. The number of aliphatic carboxylic acids is 1. The first-order chi connectivity index (χ1) is 8.88. The van der Waals surface area contributed by atoms with E-state index in [9.17, 15) is 9.59 Å². The molecule has 0 heterocycles. The topological polar surface area (TPSA) is 92.4 Å². The molecule has 0 spiro atoms. The van der Waals surface area contributed by atoms with Crippen LogP contribution >= 0.6 is 11.6 Å². The summed E-state index contributed by atoms with van der Waals surface area (Å²) in [4.78, 5) is 22.1. The summed E-state index contributed by atoms with van der Waals surface area (Å²) in [6.07, 6.45) is 0.252. The van der Waals surface area contributed by atoms with Gasteiger partial charge in [-0.2, -0.15) is 0 Å². The molecule has 1 rings (SSSR count). The second-order valence-corrected chi connectivity index (χ2v) is 4.88. The summed E-state index contributed by atoms with van der Waals surface area (Å²) >= 11 is 5.78. The van der Waals surface area contributed by atoms with Crippen LogP contribution in [-0.2, 0) is 16.0 Å². The molecule has 4 N–H and O–H groups in total. The minimum absolute atomic E-state index is 0.131. The maximum absolute atomic E-state index is 11.6. The van der Waals surface area contributed by atoms with E-state index in [4.69, 9.17) is 22.4 Å². The average Bonchev–Trinajstić information content (AvgIpc) is 2.31. The molecule has 0 aliphatic carbocycles. The lowest BCUT2D eigenvalue weighted by molar-refractivity contribution is -0.139. The van der Waals surface area contributed by atoms with Gasteiger partial charge in [-0.3, -0.25) is 9.59 Å². The third-order valence-electron chi connectivity index (χ3n) is 2.58. The van der Waals surface area contributed by atoms with Crippen molar-refractivity contribution >= 4 is 23.5 Å². The number of hydrogen-bond acceptors (Lipinski definition) is 3. The van der Waals surface area contributed by atoms with Crippen LogP contribution in [0.1, 0.15) is 18.9 Å². The van der Waals surface area contributed by atoms with E-state index < -0.39 is 17.9 Å². The Morgan fingerprint density at radius 3 is 2.47 bits per heavy atom. The van der Waals surface area contributed by atoms with Crippen LogP contribution in [-0.4, -0.2) is 29.1 Å². The molecule has 1 aromatic rings. The fourth-order valence-corrected chi connectivity index (χ4v) is 1.78. The van der Waals surface area contributed by atoms with Crippen molar-refractivity contribution in [2.75, 3.05) is 0 Å². The van der Waals surface area contributed by atoms with Crippen LogP contribution in [0.5, 0.6) is 0 Å². The van der Waals surface area contributed by atoms with Crippen LogP contribution in [0.3, 0.4) is 0 Å². The zero-order valence-corrected chi connectivity index (χ0v) is 11.4. The molecule has 2 unspecified atom stereocenters. The van der Waals surface area contributed by atoms with Crippen molar-refractivity contribution < 1.29 is 14.7 Å². The van der Waals surface area contributed by atoms with Crippen molar-refractivity contribution in [2.24, 2.45) is 5.73 Å². The molecular formula is C13H17ClN2O3. The highest BCUT2D eigenvalue weighted by Crippen LogP contribution is 2.11. The van der Waals surface area contributed by atoms with E-state index >= 15 is 0 Å². The lowest BCUT2D eigenvalue weighted by Gasteiger charge is -2.16. The molecule has 5 nitrogen and oxygen atoms in total. The minimum Gasteiger partial charge on any atom is -0.481 e. The summed E-state index contributed by atoms with van der Waals surface area (Å²) in [7, 11) is 0. The summed E-state index contributed by atoms with van der Waals surface area (Å²) in [6.45, 7) is 1.83. The molecule has 19 heavy (non-hydrogen) atoms. The Morgan fingerprint density at radius 1 is 1.37 bits per heavy atom. The Morgan fingerprint density at radius 2 is 1.95 bits per heavy atom. The van der Waals surface area contributed by atoms with Gasteiger partial charge in [0.05, 0.1) is 12.5 Å². The maximum atomic E-state index is 11.6. The molecule has 0 aromatic heterocycles. The van der Waals surface area contributed by atoms with Crippen LogP contribution in [0.2, 0.25) is 5.02 Å². The first kappa shape index (κ1) is 15.5. The van der Waals surface area contributed by atoms with Gasteiger partial charge in [0.25, 0.3) is 0 Å². The van der Waals surface area contributed by atoms with Gasteiger partial charge in [0.2, 0.25) is 5.91 Å². The Kier molecular flexibility index (Phi) is 5.79. The van der Waals surface area contributed by atoms with Crippen LogP contribution in [0.25, 0.3) is 0 Å². The molecule has 104 valence electrons. The molecule has 0 radical (unpaired) electrons. The largest absolute Gasteiger partial charge is 0.481 e. The van der Waals surface area contributed by atoms with Gasteiger partial charge in [-0.1, -0.05) is 23.7 Å². The number of nitrogens with one attached hydrogen (secondary N) is 1. The summed E-state index contributed by atoms with van der Waals surface area (Å²) in [5.41, 5.74) is 6.50. The van der Waals surface area contributed by atoms with Crippen LogP contribution < -0.4 is 11.1 Å². The van der Waals surface area contributed by atoms with Crippen LogP contribution in [0.4, 0.5) is 0 Å². The van der Waals surface area contributed by atoms with E-state index in [0.29, 0.717) is 11.4 Å². The van der Waals surface area contributed by atoms with E-state index in [2.05, 4.69) is 5.32 Å². The van der Waals surface area contributed by atoms with Crippen molar-refractivity contribution in [3.05, 3.63) is 34.9 Å². The molecule has 0 bridgehead atoms. The number of carboxylic acids is 1. The van der Waals surface area contributed by atoms with E-state index in [-0.39, 0.29) is 12.5 Å². The van der Waals surface area contributed by atoms with Gasteiger partial charge < -0.3 is 16.2 Å². The third-order valence-corrected chi connectivity index (χ3v) is 2.83.